The highest BCUT2D eigenvalue weighted by Gasteiger charge is 2.25. The van der Waals surface area contributed by atoms with Gasteiger partial charge in [0.15, 0.2) is 5.82 Å². The SMILES string of the molecule is Cc1cc(CNC[C@@H]2CCCN2c2cccnn2)c2ccccc2n1. The van der Waals surface area contributed by atoms with Gasteiger partial charge in [-0.2, -0.15) is 5.10 Å². The first kappa shape index (κ1) is 16.0. The molecule has 5 nitrogen and oxygen atoms in total. The van der Waals surface area contributed by atoms with E-state index in [9.17, 15) is 0 Å². The third-order valence-corrected chi connectivity index (χ3v) is 4.85. The molecule has 0 amide bonds. The highest BCUT2D eigenvalue weighted by Crippen LogP contribution is 2.23. The molecule has 25 heavy (non-hydrogen) atoms. The van der Waals surface area contributed by atoms with E-state index in [1.165, 1.54) is 23.8 Å². The number of hydrogen-bond donors (Lipinski definition) is 1. The van der Waals surface area contributed by atoms with Crippen LogP contribution in [0.1, 0.15) is 24.1 Å². The quantitative estimate of drug-likeness (QED) is 0.777. The van der Waals surface area contributed by atoms with Crippen LogP contribution in [-0.2, 0) is 6.54 Å². The van der Waals surface area contributed by atoms with Crippen molar-refractivity contribution in [3.8, 4) is 0 Å². The molecule has 2 aromatic heterocycles. The third-order valence-electron chi connectivity index (χ3n) is 4.85. The van der Waals surface area contributed by atoms with Crippen LogP contribution in [0.2, 0.25) is 0 Å². The lowest BCUT2D eigenvalue weighted by atomic mass is 10.1. The Morgan fingerprint density at radius 2 is 2.12 bits per heavy atom. The molecule has 1 aromatic carbocycles. The van der Waals surface area contributed by atoms with Gasteiger partial charge in [-0.25, -0.2) is 0 Å². The Kier molecular flexibility index (Phi) is 4.57. The minimum absolute atomic E-state index is 0.478. The summed E-state index contributed by atoms with van der Waals surface area (Å²) in [6.45, 7) is 4.92. The second kappa shape index (κ2) is 7.15. The zero-order chi connectivity index (χ0) is 17.1. The lowest BCUT2D eigenvalue weighted by Gasteiger charge is -2.25. The number of anilines is 1. The van der Waals surface area contributed by atoms with E-state index in [0.717, 1.165) is 36.7 Å². The average molecular weight is 333 g/mol. The first-order valence-corrected chi connectivity index (χ1v) is 8.91. The summed E-state index contributed by atoms with van der Waals surface area (Å²) in [6.07, 6.45) is 4.13. The predicted molar refractivity (Wildman–Crippen MR) is 101 cm³/mol. The lowest BCUT2D eigenvalue weighted by Crippen LogP contribution is -2.38. The summed E-state index contributed by atoms with van der Waals surface area (Å²) in [5.41, 5.74) is 3.45. The molecule has 1 saturated heterocycles. The fourth-order valence-corrected chi connectivity index (χ4v) is 3.71. The maximum absolute atomic E-state index is 4.62. The maximum atomic E-state index is 4.62. The Hall–Kier alpha value is -2.53. The molecule has 128 valence electrons. The number of para-hydroxylation sites is 1. The molecule has 0 spiro atoms. The second-order valence-corrected chi connectivity index (χ2v) is 6.64. The van der Waals surface area contributed by atoms with Crippen LogP contribution in [0.15, 0.2) is 48.7 Å². The van der Waals surface area contributed by atoms with Crippen LogP contribution in [0.5, 0.6) is 0 Å². The van der Waals surface area contributed by atoms with Crippen LogP contribution in [0.4, 0.5) is 5.82 Å². The average Bonchev–Trinajstić information content (AvgIpc) is 3.11. The number of hydrogen-bond acceptors (Lipinski definition) is 5. The van der Waals surface area contributed by atoms with Crippen molar-refractivity contribution in [3.05, 3.63) is 59.9 Å². The molecule has 1 aliphatic heterocycles. The summed E-state index contributed by atoms with van der Waals surface area (Å²) in [5.74, 6) is 0.983. The molecule has 5 heteroatoms. The van der Waals surface area contributed by atoms with E-state index >= 15 is 0 Å². The number of benzene rings is 1. The van der Waals surface area contributed by atoms with E-state index in [2.05, 4.69) is 56.6 Å². The molecule has 0 bridgehead atoms. The minimum Gasteiger partial charge on any atom is -0.351 e. The van der Waals surface area contributed by atoms with Crippen LogP contribution in [0, 0.1) is 6.92 Å². The van der Waals surface area contributed by atoms with Crippen LogP contribution < -0.4 is 10.2 Å². The van der Waals surface area contributed by atoms with E-state index < -0.39 is 0 Å². The molecular formula is C20H23N5. The predicted octanol–water partition coefficient (Wildman–Crippen LogP) is 3.09. The highest BCUT2D eigenvalue weighted by atomic mass is 15.3. The van der Waals surface area contributed by atoms with Crippen molar-refractivity contribution < 1.29 is 0 Å². The first-order chi connectivity index (χ1) is 12.3. The number of aromatic nitrogens is 3. The van der Waals surface area contributed by atoms with Crippen molar-refractivity contribution in [2.75, 3.05) is 18.0 Å². The molecule has 1 aliphatic rings. The fraction of sp³-hybridized carbons (Fsp3) is 0.350. The van der Waals surface area contributed by atoms with E-state index in [-0.39, 0.29) is 0 Å². The number of pyridine rings is 1. The number of aryl methyl sites for hydroxylation is 1. The van der Waals surface area contributed by atoms with Crippen LogP contribution >= 0.6 is 0 Å². The van der Waals surface area contributed by atoms with Crippen molar-refractivity contribution >= 4 is 16.7 Å². The maximum Gasteiger partial charge on any atom is 0.151 e. The van der Waals surface area contributed by atoms with Crippen LogP contribution in [0.25, 0.3) is 10.9 Å². The third kappa shape index (κ3) is 3.46. The summed E-state index contributed by atoms with van der Waals surface area (Å²) < 4.78 is 0. The lowest BCUT2D eigenvalue weighted by molar-refractivity contribution is 0.570. The summed E-state index contributed by atoms with van der Waals surface area (Å²) in [5, 5.41) is 13.2. The normalized spacial score (nSPS) is 17.3. The van der Waals surface area contributed by atoms with Crippen LogP contribution in [-0.4, -0.2) is 34.3 Å². The number of nitrogens with one attached hydrogen (secondary N) is 1. The molecule has 0 aliphatic carbocycles. The fourth-order valence-electron chi connectivity index (χ4n) is 3.71. The van der Waals surface area contributed by atoms with Gasteiger partial charge in [-0.15, -0.1) is 5.10 Å². The standard InChI is InChI=1S/C20H23N5/c1-15-12-16(18-7-2-3-8-19(18)23-15)13-21-14-17-6-5-11-25(17)20-9-4-10-22-24-20/h2-4,7-10,12,17,21H,5-6,11,13-14H2,1H3/t17-/m0/s1. The zero-order valence-electron chi connectivity index (χ0n) is 14.5. The molecule has 0 unspecified atom stereocenters. The zero-order valence-corrected chi connectivity index (χ0v) is 14.5. The van der Waals surface area contributed by atoms with Gasteiger partial charge in [0.25, 0.3) is 0 Å². The van der Waals surface area contributed by atoms with Gasteiger partial charge in [0, 0.05) is 43.0 Å². The van der Waals surface area contributed by atoms with Crippen molar-refractivity contribution in [1.29, 1.82) is 0 Å². The minimum atomic E-state index is 0.478. The van der Waals surface area contributed by atoms with E-state index in [1.807, 2.05) is 18.2 Å². The smallest absolute Gasteiger partial charge is 0.151 e. The molecule has 3 heterocycles. The molecule has 0 radical (unpaired) electrons. The van der Waals surface area contributed by atoms with Gasteiger partial charge < -0.3 is 10.2 Å². The second-order valence-electron chi connectivity index (χ2n) is 6.64. The van der Waals surface area contributed by atoms with Gasteiger partial charge in [-0.3, -0.25) is 4.98 Å². The Labute approximate surface area is 148 Å². The summed E-state index contributed by atoms with van der Waals surface area (Å²) in [6, 6.07) is 15.0. The Morgan fingerprint density at radius 1 is 1.20 bits per heavy atom. The van der Waals surface area contributed by atoms with Crippen molar-refractivity contribution in [3.63, 3.8) is 0 Å². The van der Waals surface area contributed by atoms with Crippen molar-refractivity contribution in [2.45, 2.75) is 32.4 Å². The number of fused-ring (bicyclic) bond motifs is 1. The Balaban J connectivity index is 1.44. The molecule has 1 N–H and O–H groups in total. The molecule has 0 saturated carbocycles. The highest BCUT2D eigenvalue weighted by molar-refractivity contribution is 5.82. The van der Waals surface area contributed by atoms with Gasteiger partial charge in [-0.1, -0.05) is 18.2 Å². The van der Waals surface area contributed by atoms with Gasteiger partial charge in [0.05, 0.1) is 5.52 Å². The largest absolute Gasteiger partial charge is 0.351 e. The summed E-state index contributed by atoms with van der Waals surface area (Å²) in [7, 11) is 0. The molecule has 1 atom stereocenters. The van der Waals surface area contributed by atoms with Crippen LogP contribution in [0.3, 0.4) is 0 Å². The molecule has 1 fully saturated rings. The van der Waals surface area contributed by atoms with Gasteiger partial charge in [0.1, 0.15) is 0 Å². The summed E-state index contributed by atoms with van der Waals surface area (Å²) >= 11 is 0. The van der Waals surface area contributed by atoms with Crippen molar-refractivity contribution in [2.24, 2.45) is 0 Å². The van der Waals surface area contributed by atoms with E-state index in [1.54, 1.807) is 6.20 Å². The monoisotopic (exact) mass is 333 g/mol. The number of rotatable bonds is 5. The first-order valence-electron chi connectivity index (χ1n) is 8.91. The van der Waals surface area contributed by atoms with Crippen molar-refractivity contribution in [1.82, 2.24) is 20.5 Å². The molecule has 3 aromatic rings. The van der Waals surface area contributed by atoms with Gasteiger partial charge in [0.2, 0.25) is 0 Å². The number of nitrogens with zero attached hydrogens (tertiary/aromatic N) is 4. The Morgan fingerprint density at radius 3 is 3.00 bits per heavy atom. The van der Waals surface area contributed by atoms with E-state index in [4.69, 9.17) is 0 Å². The topological polar surface area (TPSA) is 53.9 Å². The van der Waals surface area contributed by atoms with E-state index in [0.29, 0.717) is 6.04 Å². The molecular weight excluding hydrogens is 310 g/mol. The van der Waals surface area contributed by atoms with Gasteiger partial charge >= 0.3 is 0 Å². The Bertz CT molecular complexity index is 849. The van der Waals surface area contributed by atoms with Gasteiger partial charge in [-0.05, 0) is 49.6 Å². The molecule has 4 rings (SSSR count). The summed E-state index contributed by atoms with van der Waals surface area (Å²) in [4.78, 5) is 6.99.